The van der Waals surface area contributed by atoms with Crippen molar-refractivity contribution >= 4 is 39.2 Å². The van der Waals surface area contributed by atoms with E-state index in [0.717, 1.165) is 47.7 Å². The third kappa shape index (κ3) is 7.86. The van der Waals surface area contributed by atoms with Crippen molar-refractivity contribution in [3.63, 3.8) is 0 Å². The first kappa shape index (κ1) is 28.7. The van der Waals surface area contributed by atoms with Crippen molar-refractivity contribution in [3.05, 3.63) is 81.0 Å². The minimum absolute atomic E-state index is 0.0228. The largest absolute Gasteiger partial charge is 0.493 e. The predicted octanol–water partition coefficient (Wildman–Crippen LogP) is 6.00. The van der Waals surface area contributed by atoms with Gasteiger partial charge in [0.05, 0.1) is 19.7 Å². The Morgan fingerprint density at radius 3 is 2.67 bits per heavy atom. The molecule has 0 aliphatic carbocycles. The average Bonchev–Trinajstić information content (AvgIpc) is 3.42. The summed E-state index contributed by atoms with van der Waals surface area (Å²) in [5.41, 5.74) is 4.29. The number of thioether (sulfide) groups is 1. The highest BCUT2D eigenvalue weighted by Crippen LogP contribution is 2.28. The Kier molecular flexibility index (Phi) is 10.4. The summed E-state index contributed by atoms with van der Waals surface area (Å²) in [7, 11) is 3.22. The zero-order valence-corrected chi connectivity index (χ0v) is 24.3. The van der Waals surface area contributed by atoms with Crippen LogP contribution >= 0.6 is 23.1 Å². The number of aryl methyl sites for hydroxylation is 1. The molecule has 0 atom stereocenters. The number of hydrogen-bond donors (Lipinski definition) is 1. The van der Waals surface area contributed by atoms with Gasteiger partial charge in [-0.05, 0) is 60.9 Å². The Morgan fingerprint density at radius 1 is 1.03 bits per heavy atom. The number of methoxy groups -OCH3 is 2. The van der Waals surface area contributed by atoms with Crippen molar-refractivity contribution in [3.8, 4) is 11.5 Å². The molecule has 1 amide bonds. The van der Waals surface area contributed by atoms with Crippen LogP contribution in [0.4, 0.5) is 0 Å². The van der Waals surface area contributed by atoms with E-state index in [1.807, 2.05) is 34.2 Å². The minimum Gasteiger partial charge on any atom is -0.493 e. The molecule has 2 aromatic carbocycles. The fraction of sp³-hybridized carbons (Fsp3) is 0.367. The number of carbonyl (C=O) groups excluding carboxylic acids is 1. The van der Waals surface area contributed by atoms with E-state index in [4.69, 9.17) is 14.5 Å². The highest BCUT2D eigenvalue weighted by Gasteiger charge is 2.13. The second-order valence-electron chi connectivity index (χ2n) is 9.36. The van der Waals surface area contributed by atoms with Gasteiger partial charge in [0.1, 0.15) is 4.70 Å². The average molecular weight is 566 g/mol. The van der Waals surface area contributed by atoms with Gasteiger partial charge in [0.2, 0.25) is 5.91 Å². The molecule has 7 nitrogen and oxygen atoms in total. The van der Waals surface area contributed by atoms with Crippen LogP contribution in [-0.2, 0) is 23.5 Å². The quantitative estimate of drug-likeness (QED) is 0.115. The Morgan fingerprint density at radius 2 is 1.87 bits per heavy atom. The number of hydrogen-bond acceptors (Lipinski definition) is 7. The van der Waals surface area contributed by atoms with E-state index in [9.17, 15) is 9.59 Å². The monoisotopic (exact) mass is 565 g/mol. The number of rotatable bonds is 14. The molecule has 206 valence electrons. The first-order valence-corrected chi connectivity index (χ1v) is 15.0. The van der Waals surface area contributed by atoms with Crippen molar-refractivity contribution in [2.45, 2.75) is 56.5 Å². The van der Waals surface area contributed by atoms with E-state index < -0.39 is 0 Å². The normalized spacial score (nSPS) is 11.1. The number of nitrogens with one attached hydrogen (secondary N) is 1. The molecule has 0 aliphatic rings. The van der Waals surface area contributed by atoms with E-state index in [1.54, 1.807) is 26.0 Å². The molecule has 0 saturated heterocycles. The molecule has 0 saturated carbocycles. The van der Waals surface area contributed by atoms with Crippen molar-refractivity contribution in [2.75, 3.05) is 20.8 Å². The summed E-state index contributed by atoms with van der Waals surface area (Å²) in [6.45, 7) is 3.24. The fourth-order valence-electron chi connectivity index (χ4n) is 4.38. The fourth-order valence-corrected chi connectivity index (χ4v) is 6.13. The molecule has 4 rings (SSSR count). The van der Waals surface area contributed by atoms with E-state index in [0.29, 0.717) is 35.7 Å². The Hall–Kier alpha value is -3.30. The Labute approximate surface area is 237 Å². The van der Waals surface area contributed by atoms with Crippen LogP contribution in [0.1, 0.15) is 42.4 Å². The van der Waals surface area contributed by atoms with Gasteiger partial charge >= 0.3 is 0 Å². The zero-order chi connectivity index (χ0) is 27.6. The third-order valence-electron chi connectivity index (χ3n) is 6.45. The van der Waals surface area contributed by atoms with E-state index >= 15 is 0 Å². The maximum absolute atomic E-state index is 13.2. The Bertz CT molecular complexity index is 1460. The van der Waals surface area contributed by atoms with Crippen molar-refractivity contribution < 1.29 is 14.3 Å². The van der Waals surface area contributed by atoms with Gasteiger partial charge in [-0.25, -0.2) is 4.98 Å². The lowest BCUT2D eigenvalue weighted by molar-refractivity contribution is -0.121. The number of unbranched alkanes of at least 4 members (excludes halogenated alkanes) is 2. The third-order valence-corrected chi connectivity index (χ3v) is 8.39. The zero-order valence-electron chi connectivity index (χ0n) is 22.7. The number of carbonyl (C=O) groups is 1. The number of ether oxygens (including phenoxy) is 2. The summed E-state index contributed by atoms with van der Waals surface area (Å²) in [6.07, 6.45) is 3.64. The summed E-state index contributed by atoms with van der Waals surface area (Å²) < 4.78 is 13.1. The van der Waals surface area contributed by atoms with Crippen LogP contribution in [0.5, 0.6) is 11.5 Å². The lowest BCUT2D eigenvalue weighted by atomic mass is 10.1. The molecule has 4 aromatic rings. The molecule has 0 radical (unpaired) electrons. The van der Waals surface area contributed by atoms with E-state index in [-0.39, 0.29) is 11.5 Å². The number of fused-ring (bicyclic) bond motifs is 1. The van der Waals surface area contributed by atoms with Gasteiger partial charge in [-0.3, -0.25) is 14.2 Å². The molecule has 0 unspecified atom stereocenters. The summed E-state index contributed by atoms with van der Waals surface area (Å²) in [4.78, 5) is 30.3. The topological polar surface area (TPSA) is 82.5 Å². The standard InChI is InChI=1S/C30H35N3O4S2/c1-21-8-7-9-23(18-21)20-39-30-32-24-14-17-38-28(24)29(35)33(30)16-6-4-5-10-27(34)31-15-13-22-11-12-25(36-2)26(19-22)37-3/h7-9,11-12,14,17-19H,4-6,10,13,15-16,20H2,1-3H3,(H,31,34). The lowest BCUT2D eigenvalue weighted by Crippen LogP contribution is -2.25. The van der Waals surface area contributed by atoms with Crippen molar-refractivity contribution in [1.29, 1.82) is 0 Å². The van der Waals surface area contributed by atoms with Gasteiger partial charge in [-0.1, -0.05) is 54.1 Å². The Balaban J connectivity index is 1.24. The number of thiophene rings is 1. The van der Waals surface area contributed by atoms with Crippen LogP contribution in [0.2, 0.25) is 0 Å². The van der Waals surface area contributed by atoms with Crippen LogP contribution in [-0.4, -0.2) is 36.2 Å². The number of amides is 1. The van der Waals surface area contributed by atoms with Crippen LogP contribution in [0.3, 0.4) is 0 Å². The molecule has 2 aromatic heterocycles. The van der Waals surface area contributed by atoms with Crippen molar-refractivity contribution in [1.82, 2.24) is 14.9 Å². The van der Waals surface area contributed by atoms with Crippen LogP contribution < -0.4 is 20.3 Å². The molecular weight excluding hydrogens is 530 g/mol. The van der Waals surface area contributed by atoms with Crippen LogP contribution in [0.15, 0.2) is 63.9 Å². The highest BCUT2D eigenvalue weighted by atomic mass is 32.2. The maximum atomic E-state index is 13.2. The lowest BCUT2D eigenvalue weighted by Gasteiger charge is -2.12. The second-order valence-corrected chi connectivity index (χ2v) is 11.2. The number of nitrogens with zero attached hydrogens (tertiary/aromatic N) is 2. The number of aromatic nitrogens is 2. The summed E-state index contributed by atoms with van der Waals surface area (Å²) in [5.74, 6) is 2.18. The van der Waals surface area contributed by atoms with Gasteiger partial charge < -0.3 is 14.8 Å². The summed E-state index contributed by atoms with van der Waals surface area (Å²) in [6, 6.07) is 16.1. The SMILES string of the molecule is COc1ccc(CCNC(=O)CCCCCn2c(SCc3cccc(C)c3)nc3ccsc3c2=O)cc1OC. The second kappa shape index (κ2) is 14.2. The maximum Gasteiger partial charge on any atom is 0.272 e. The van der Waals surface area contributed by atoms with Gasteiger partial charge in [0, 0.05) is 25.3 Å². The number of benzene rings is 2. The summed E-state index contributed by atoms with van der Waals surface area (Å²) >= 11 is 3.04. The minimum atomic E-state index is 0.0228. The molecule has 0 fully saturated rings. The van der Waals surface area contributed by atoms with Crippen molar-refractivity contribution in [2.24, 2.45) is 0 Å². The van der Waals surface area contributed by atoms with Crippen LogP contribution in [0, 0.1) is 6.92 Å². The molecule has 39 heavy (non-hydrogen) atoms. The van der Waals surface area contributed by atoms with Gasteiger partial charge in [0.15, 0.2) is 16.7 Å². The van der Waals surface area contributed by atoms with E-state index in [1.165, 1.54) is 22.5 Å². The first-order chi connectivity index (χ1) is 19.0. The summed E-state index contributed by atoms with van der Waals surface area (Å²) in [5, 5.41) is 5.67. The van der Waals surface area contributed by atoms with Gasteiger partial charge in [0.25, 0.3) is 5.56 Å². The molecule has 1 N–H and O–H groups in total. The van der Waals surface area contributed by atoms with Crippen LogP contribution in [0.25, 0.3) is 10.2 Å². The molecule has 0 aliphatic heterocycles. The molecule has 9 heteroatoms. The predicted molar refractivity (Wildman–Crippen MR) is 159 cm³/mol. The van der Waals surface area contributed by atoms with Gasteiger partial charge in [-0.15, -0.1) is 11.3 Å². The first-order valence-electron chi connectivity index (χ1n) is 13.1. The molecule has 2 heterocycles. The molecular formula is C30H35N3O4S2. The molecule has 0 bridgehead atoms. The smallest absolute Gasteiger partial charge is 0.272 e. The van der Waals surface area contributed by atoms with Gasteiger partial charge in [-0.2, -0.15) is 0 Å². The van der Waals surface area contributed by atoms with E-state index in [2.05, 4.69) is 36.5 Å². The molecule has 0 spiro atoms. The highest BCUT2D eigenvalue weighted by molar-refractivity contribution is 7.98.